The Morgan fingerprint density at radius 1 is 0.962 bits per heavy atom. The number of nitrogens with one attached hydrogen (secondary N) is 2. The minimum absolute atomic E-state index is 0.0946. The Morgan fingerprint density at radius 3 is 2.38 bits per heavy atom. The Bertz CT molecular complexity index is 964. The number of nitro groups is 1. The molecule has 0 aliphatic rings. The highest BCUT2D eigenvalue weighted by Gasteiger charge is 2.15. The molecule has 0 atom stereocenters. The number of anilines is 2. The minimum atomic E-state index is -0.479. The summed E-state index contributed by atoms with van der Waals surface area (Å²) in [6.45, 7) is 2.49. The van der Waals surface area contributed by atoms with Crippen molar-refractivity contribution in [2.75, 3.05) is 23.7 Å². The molecule has 3 aromatic carbocycles. The molecular weight excluding hydrogens is 330 g/mol. The second kappa shape index (κ2) is 7.65. The summed E-state index contributed by atoms with van der Waals surface area (Å²) >= 11 is 0. The molecular formula is C20H19N3O3. The fraction of sp³-hybridized carbons (Fsp3) is 0.150. The quantitative estimate of drug-likeness (QED) is 0.284. The highest BCUT2D eigenvalue weighted by Crippen LogP contribution is 2.26. The maximum absolute atomic E-state index is 11.4. The molecule has 0 saturated heterocycles. The number of hydrogen-bond donors (Lipinski definition) is 2. The van der Waals surface area contributed by atoms with Crippen LogP contribution in [0.5, 0.6) is 0 Å². The molecule has 6 heteroatoms. The summed E-state index contributed by atoms with van der Waals surface area (Å²) in [5.41, 5.74) is 1.66. The van der Waals surface area contributed by atoms with Crippen LogP contribution in [0.15, 0.2) is 60.7 Å². The second-order valence-corrected chi connectivity index (χ2v) is 5.93. The van der Waals surface area contributed by atoms with Crippen LogP contribution in [0.25, 0.3) is 10.8 Å². The van der Waals surface area contributed by atoms with Gasteiger partial charge in [-0.3, -0.25) is 14.9 Å². The molecule has 6 nitrogen and oxygen atoms in total. The fourth-order valence-electron chi connectivity index (χ4n) is 2.83. The third-order valence-electron chi connectivity index (χ3n) is 4.15. The van der Waals surface area contributed by atoms with Crippen molar-refractivity contribution in [2.45, 2.75) is 6.92 Å². The van der Waals surface area contributed by atoms with Crippen molar-refractivity contribution in [3.8, 4) is 0 Å². The van der Waals surface area contributed by atoms with Gasteiger partial charge in [-0.05, 0) is 30.5 Å². The van der Waals surface area contributed by atoms with Crippen LogP contribution in [-0.4, -0.2) is 23.8 Å². The highest BCUT2D eigenvalue weighted by atomic mass is 16.6. The van der Waals surface area contributed by atoms with Crippen molar-refractivity contribution in [3.63, 3.8) is 0 Å². The molecule has 0 radical (unpaired) electrons. The number of carbonyl (C=O) groups is 1. The van der Waals surface area contributed by atoms with Gasteiger partial charge in [0.1, 0.15) is 5.69 Å². The van der Waals surface area contributed by atoms with Crippen LogP contribution in [-0.2, 0) is 0 Å². The van der Waals surface area contributed by atoms with E-state index in [2.05, 4.69) is 28.8 Å². The lowest BCUT2D eigenvalue weighted by Gasteiger charge is -2.11. The molecule has 0 spiro atoms. The summed E-state index contributed by atoms with van der Waals surface area (Å²) in [6.07, 6.45) is 0. The van der Waals surface area contributed by atoms with E-state index < -0.39 is 4.92 Å². The molecule has 3 rings (SSSR count). The fourth-order valence-corrected chi connectivity index (χ4v) is 2.83. The van der Waals surface area contributed by atoms with E-state index >= 15 is 0 Å². The average molecular weight is 349 g/mol. The van der Waals surface area contributed by atoms with E-state index in [4.69, 9.17) is 0 Å². The number of carbonyl (C=O) groups excluding carboxylic acids is 1. The first-order valence-electron chi connectivity index (χ1n) is 8.31. The van der Waals surface area contributed by atoms with Crippen molar-refractivity contribution in [1.29, 1.82) is 0 Å². The van der Waals surface area contributed by atoms with E-state index in [0.717, 1.165) is 16.5 Å². The second-order valence-electron chi connectivity index (χ2n) is 5.93. The molecule has 0 aliphatic carbocycles. The summed E-state index contributed by atoms with van der Waals surface area (Å²) in [5, 5.41) is 19.9. The van der Waals surface area contributed by atoms with Gasteiger partial charge < -0.3 is 10.6 Å². The summed E-state index contributed by atoms with van der Waals surface area (Å²) in [7, 11) is 0. The first-order chi connectivity index (χ1) is 12.6. The first kappa shape index (κ1) is 17.4. The van der Waals surface area contributed by atoms with Crippen LogP contribution in [0, 0.1) is 10.1 Å². The molecule has 26 heavy (non-hydrogen) atoms. The molecule has 0 saturated carbocycles. The van der Waals surface area contributed by atoms with Gasteiger partial charge in [-0.2, -0.15) is 0 Å². The predicted molar refractivity (Wildman–Crippen MR) is 104 cm³/mol. The van der Waals surface area contributed by atoms with Crippen molar-refractivity contribution in [2.24, 2.45) is 0 Å². The highest BCUT2D eigenvalue weighted by molar-refractivity contribution is 5.95. The van der Waals surface area contributed by atoms with E-state index in [-0.39, 0.29) is 11.5 Å². The van der Waals surface area contributed by atoms with Gasteiger partial charge in [0.25, 0.3) is 5.69 Å². The van der Waals surface area contributed by atoms with Gasteiger partial charge in [-0.15, -0.1) is 0 Å². The van der Waals surface area contributed by atoms with E-state index in [9.17, 15) is 14.9 Å². The Balaban J connectivity index is 1.66. The number of hydrogen-bond acceptors (Lipinski definition) is 5. The number of ketones is 1. The molecule has 0 amide bonds. The molecule has 132 valence electrons. The van der Waals surface area contributed by atoms with Crippen LogP contribution in [0.2, 0.25) is 0 Å². The van der Waals surface area contributed by atoms with Gasteiger partial charge >= 0.3 is 0 Å². The van der Waals surface area contributed by atoms with Gasteiger partial charge in [0, 0.05) is 35.8 Å². The van der Waals surface area contributed by atoms with Crippen LogP contribution < -0.4 is 10.6 Å². The summed E-state index contributed by atoms with van der Waals surface area (Å²) in [4.78, 5) is 22.2. The molecule has 0 aromatic heterocycles. The van der Waals surface area contributed by atoms with Crippen LogP contribution in [0.4, 0.5) is 17.1 Å². The zero-order valence-electron chi connectivity index (χ0n) is 14.4. The number of nitro benzene ring substituents is 1. The van der Waals surface area contributed by atoms with E-state index in [0.29, 0.717) is 24.3 Å². The zero-order chi connectivity index (χ0) is 18.5. The standard InChI is InChI=1S/C20H19N3O3/c1-14(24)16-9-10-19(20(13-16)23(25)26)22-12-11-21-18-8-4-6-15-5-2-3-7-17(15)18/h2-10,13,21-22H,11-12H2,1H3. The SMILES string of the molecule is CC(=O)c1ccc(NCCNc2cccc3ccccc23)c([N+](=O)[O-])c1. The lowest BCUT2D eigenvalue weighted by atomic mass is 10.1. The zero-order valence-corrected chi connectivity index (χ0v) is 14.4. The monoisotopic (exact) mass is 349 g/mol. The van der Waals surface area contributed by atoms with Crippen molar-refractivity contribution in [1.82, 2.24) is 0 Å². The van der Waals surface area contributed by atoms with Crippen LogP contribution in [0.1, 0.15) is 17.3 Å². The minimum Gasteiger partial charge on any atom is -0.383 e. The third kappa shape index (κ3) is 3.80. The third-order valence-corrected chi connectivity index (χ3v) is 4.15. The van der Waals surface area contributed by atoms with E-state index in [1.54, 1.807) is 12.1 Å². The topological polar surface area (TPSA) is 84.3 Å². The number of nitrogens with zero attached hydrogens (tertiary/aromatic N) is 1. The Morgan fingerprint density at radius 2 is 1.65 bits per heavy atom. The van der Waals surface area contributed by atoms with E-state index in [1.807, 2.05) is 24.3 Å². The largest absolute Gasteiger partial charge is 0.383 e. The number of Topliss-reactive ketones (excluding diaryl/α,β-unsaturated/α-hetero) is 1. The van der Waals surface area contributed by atoms with Crippen LogP contribution in [0.3, 0.4) is 0 Å². The van der Waals surface area contributed by atoms with Gasteiger partial charge in [0.2, 0.25) is 0 Å². The molecule has 0 aliphatic heterocycles. The smallest absolute Gasteiger partial charge is 0.293 e. The van der Waals surface area contributed by atoms with Gasteiger partial charge in [0.05, 0.1) is 4.92 Å². The maximum atomic E-state index is 11.4. The van der Waals surface area contributed by atoms with Gasteiger partial charge in [-0.25, -0.2) is 0 Å². The van der Waals surface area contributed by atoms with Crippen molar-refractivity contribution >= 4 is 33.6 Å². The molecule has 0 unspecified atom stereocenters. The Hall–Kier alpha value is -3.41. The summed E-state index contributed by atoms with van der Waals surface area (Å²) in [5.74, 6) is -0.197. The van der Waals surface area contributed by atoms with Crippen molar-refractivity contribution < 1.29 is 9.72 Å². The number of rotatable bonds is 7. The summed E-state index contributed by atoms with van der Waals surface area (Å²) in [6, 6.07) is 18.6. The molecule has 0 heterocycles. The van der Waals surface area contributed by atoms with Gasteiger partial charge in [-0.1, -0.05) is 36.4 Å². The first-order valence-corrected chi connectivity index (χ1v) is 8.31. The molecule has 0 bridgehead atoms. The summed E-state index contributed by atoms with van der Waals surface area (Å²) < 4.78 is 0. The Labute approximate surface area is 151 Å². The Kier molecular flexibility index (Phi) is 5.12. The van der Waals surface area contributed by atoms with Crippen LogP contribution >= 0.6 is 0 Å². The van der Waals surface area contributed by atoms with E-state index in [1.165, 1.54) is 13.0 Å². The molecule has 0 fully saturated rings. The average Bonchev–Trinajstić information content (AvgIpc) is 2.65. The maximum Gasteiger partial charge on any atom is 0.293 e. The molecule has 2 N–H and O–H groups in total. The van der Waals surface area contributed by atoms with Crippen molar-refractivity contribution in [3.05, 3.63) is 76.3 Å². The number of benzene rings is 3. The normalized spacial score (nSPS) is 10.5. The number of fused-ring (bicyclic) bond motifs is 1. The lowest BCUT2D eigenvalue weighted by Crippen LogP contribution is -2.14. The van der Waals surface area contributed by atoms with Gasteiger partial charge in [0.15, 0.2) is 5.78 Å². The molecule has 3 aromatic rings. The predicted octanol–water partition coefficient (Wildman–Crippen LogP) is 4.47. The lowest BCUT2D eigenvalue weighted by molar-refractivity contribution is -0.384.